The molecule has 4 heteroatoms. The molecule has 0 fully saturated rings. The van der Waals surface area contributed by atoms with E-state index in [1.165, 1.54) is 0 Å². The number of rotatable bonds is 7. The van der Waals surface area contributed by atoms with Crippen LogP contribution >= 0.6 is 11.6 Å². The van der Waals surface area contributed by atoms with Crippen LogP contribution in [0.15, 0.2) is 24.3 Å². The summed E-state index contributed by atoms with van der Waals surface area (Å²) in [7, 11) is 0. The Kier molecular flexibility index (Phi) is 6.76. The van der Waals surface area contributed by atoms with E-state index in [1.807, 2.05) is 13.8 Å². The van der Waals surface area contributed by atoms with Gasteiger partial charge < -0.3 is 9.47 Å². The third-order valence-electron chi connectivity index (χ3n) is 2.32. The lowest BCUT2D eigenvalue weighted by Gasteiger charge is -2.16. The highest BCUT2D eigenvalue weighted by Gasteiger charge is 2.22. The molecule has 1 aromatic rings. The summed E-state index contributed by atoms with van der Waals surface area (Å²) >= 11 is 5.83. The molecule has 1 unspecified atom stereocenters. The van der Waals surface area contributed by atoms with Crippen LogP contribution in [0.4, 0.5) is 0 Å². The van der Waals surface area contributed by atoms with Gasteiger partial charge in [0.2, 0.25) is 0 Å². The fourth-order valence-electron chi connectivity index (χ4n) is 1.45. The molecule has 1 atom stereocenters. The molecule has 0 aliphatic heterocycles. The molecule has 0 spiro atoms. The number of hydrogen-bond acceptors (Lipinski definition) is 3. The quantitative estimate of drug-likeness (QED) is 0.708. The minimum atomic E-state index is -0.659. The van der Waals surface area contributed by atoms with Crippen molar-refractivity contribution in [2.45, 2.75) is 32.8 Å². The maximum atomic E-state index is 11.9. The van der Waals surface area contributed by atoms with E-state index < -0.39 is 6.10 Å². The third kappa shape index (κ3) is 4.67. The van der Waals surface area contributed by atoms with E-state index in [9.17, 15) is 4.79 Å². The molecule has 0 aliphatic carbocycles. The third-order valence-corrected chi connectivity index (χ3v) is 2.58. The average molecular weight is 271 g/mol. The zero-order chi connectivity index (χ0) is 13.4. The van der Waals surface area contributed by atoms with E-state index in [2.05, 4.69) is 0 Å². The molecule has 0 bridgehead atoms. The molecule has 1 rings (SSSR count). The summed E-state index contributed by atoms with van der Waals surface area (Å²) in [6.07, 6.45) is 0.992. The highest BCUT2D eigenvalue weighted by molar-refractivity contribution is 6.30. The first-order chi connectivity index (χ1) is 8.69. The lowest BCUT2D eigenvalue weighted by Crippen LogP contribution is -2.19. The van der Waals surface area contributed by atoms with Crippen LogP contribution < -0.4 is 0 Å². The second-order valence-corrected chi connectivity index (χ2v) is 4.41. The standard InChI is InChI=1S/C14H19ClO3/c1-3-9-17-13(14(16)18-10-4-2)11-5-7-12(15)8-6-11/h5-8,13H,3-4,9-10H2,1-2H3. The van der Waals surface area contributed by atoms with Crippen molar-refractivity contribution in [1.29, 1.82) is 0 Å². The molecular formula is C14H19ClO3. The summed E-state index contributed by atoms with van der Waals surface area (Å²) in [5.74, 6) is -0.340. The van der Waals surface area contributed by atoms with Gasteiger partial charge >= 0.3 is 5.97 Å². The van der Waals surface area contributed by atoms with Crippen molar-refractivity contribution in [3.05, 3.63) is 34.9 Å². The zero-order valence-electron chi connectivity index (χ0n) is 10.8. The average Bonchev–Trinajstić information content (AvgIpc) is 2.38. The van der Waals surface area contributed by atoms with Gasteiger partial charge in [-0.15, -0.1) is 0 Å². The van der Waals surface area contributed by atoms with Gasteiger partial charge in [-0.3, -0.25) is 0 Å². The first kappa shape index (κ1) is 15.0. The van der Waals surface area contributed by atoms with E-state index >= 15 is 0 Å². The Bertz CT molecular complexity index is 362. The summed E-state index contributed by atoms with van der Waals surface area (Å²) in [4.78, 5) is 11.9. The van der Waals surface area contributed by atoms with E-state index in [-0.39, 0.29) is 5.97 Å². The zero-order valence-corrected chi connectivity index (χ0v) is 11.6. The fourth-order valence-corrected chi connectivity index (χ4v) is 1.58. The molecule has 1 aromatic carbocycles. The molecule has 0 heterocycles. The lowest BCUT2D eigenvalue weighted by atomic mass is 10.1. The Labute approximate surface area is 113 Å². The topological polar surface area (TPSA) is 35.5 Å². The summed E-state index contributed by atoms with van der Waals surface area (Å²) < 4.78 is 10.7. The maximum absolute atomic E-state index is 11.9. The molecule has 0 radical (unpaired) electrons. The van der Waals surface area contributed by atoms with Gasteiger partial charge in [-0.2, -0.15) is 0 Å². The number of hydrogen-bond donors (Lipinski definition) is 0. The van der Waals surface area contributed by atoms with Crippen LogP contribution in [0.25, 0.3) is 0 Å². The number of esters is 1. The Morgan fingerprint density at radius 2 is 1.78 bits per heavy atom. The Morgan fingerprint density at radius 1 is 1.17 bits per heavy atom. The molecule has 100 valence electrons. The van der Waals surface area contributed by atoms with Gasteiger partial charge in [0.15, 0.2) is 6.10 Å². The van der Waals surface area contributed by atoms with Gasteiger partial charge in [0.05, 0.1) is 6.61 Å². The number of halogens is 1. The van der Waals surface area contributed by atoms with Gasteiger partial charge in [0.25, 0.3) is 0 Å². The van der Waals surface area contributed by atoms with Crippen molar-refractivity contribution >= 4 is 17.6 Å². The molecule has 18 heavy (non-hydrogen) atoms. The van der Waals surface area contributed by atoms with E-state index in [0.29, 0.717) is 18.2 Å². The predicted octanol–water partition coefficient (Wildman–Crippen LogP) is 3.76. The normalized spacial score (nSPS) is 12.2. The summed E-state index contributed by atoms with van der Waals surface area (Å²) in [6, 6.07) is 7.06. The summed E-state index contributed by atoms with van der Waals surface area (Å²) in [5.41, 5.74) is 0.772. The SMILES string of the molecule is CCCOC(=O)C(OCCC)c1ccc(Cl)cc1. The second-order valence-electron chi connectivity index (χ2n) is 3.97. The van der Waals surface area contributed by atoms with Crippen molar-refractivity contribution in [2.24, 2.45) is 0 Å². The summed E-state index contributed by atoms with van der Waals surface area (Å²) in [5, 5.41) is 0.634. The minimum Gasteiger partial charge on any atom is -0.464 e. The highest BCUT2D eigenvalue weighted by Crippen LogP contribution is 2.21. The number of ether oxygens (including phenoxy) is 2. The Morgan fingerprint density at radius 3 is 2.33 bits per heavy atom. The van der Waals surface area contributed by atoms with Crippen LogP contribution in [0, 0.1) is 0 Å². The molecule has 0 amide bonds. The van der Waals surface area contributed by atoms with E-state index in [0.717, 1.165) is 18.4 Å². The van der Waals surface area contributed by atoms with Gasteiger partial charge in [-0.25, -0.2) is 4.79 Å². The van der Waals surface area contributed by atoms with Crippen molar-refractivity contribution in [3.8, 4) is 0 Å². The van der Waals surface area contributed by atoms with Crippen LogP contribution in [0.5, 0.6) is 0 Å². The van der Waals surface area contributed by atoms with Crippen molar-refractivity contribution in [3.63, 3.8) is 0 Å². The largest absolute Gasteiger partial charge is 0.464 e. The molecule has 0 N–H and O–H groups in total. The predicted molar refractivity (Wildman–Crippen MR) is 71.7 cm³/mol. The second kappa shape index (κ2) is 8.11. The van der Waals surface area contributed by atoms with Crippen LogP contribution in [0.2, 0.25) is 5.02 Å². The van der Waals surface area contributed by atoms with Crippen LogP contribution in [-0.4, -0.2) is 19.2 Å². The number of carbonyl (C=O) groups is 1. The molecule has 3 nitrogen and oxygen atoms in total. The molecule has 0 aromatic heterocycles. The monoisotopic (exact) mass is 270 g/mol. The van der Waals surface area contributed by atoms with Crippen molar-refractivity contribution in [2.75, 3.05) is 13.2 Å². The smallest absolute Gasteiger partial charge is 0.339 e. The molecule has 0 aliphatic rings. The molecule has 0 saturated heterocycles. The molecule has 0 saturated carbocycles. The Hall–Kier alpha value is -1.06. The first-order valence-corrected chi connectivity index (χ1v) is 6.60. The van der Waals surface area contributed by atoms with Crippen LogP contribution in [-0.2, 0) is 14.3 Å². The van der Waals surface area contributed by atoms with E-state index in [1.54, 1.807) is 24.3 Å². The van der Waals surface area contributed by atoms with E-state index in [4.69, 9.17) is 21.1 Å². The fraction of sp³-hybridized carbons (Fsp3) is 0.500. The maximum Gasteiger partial charge on any atom is 0.339 e. The van der Waals surface area contributed by atoms with Crippen LogP contribution in [0.1, 0.15) is 38.4 Å². The van der Waals surface area contributed by atoms with Crippen LogP contribution in [0.3, 0.4) is 0 Å². The lowest BCUT2D eigenvalue weighted by molar-refractivity contribution is -0.157. The van der Waals surface area contributed by atoms with Gasteiger partial charge in [0.1, 0.15) is 0 Å². The van der Waals surface area contributed by atoms with Crippen molar-refractivity contribution in [1.82, 2.24) is 0 Å². The Balaban J connectivity index is 2.76. The van der Waals surface area contributed by atoms with Gasteiger partial charge in [-0.05, 0) is 30.5 Å². The first-order valence-electron chi connectivity index (χ1n) is 6.22. The molecular weight excluding hydrogens is 252 g/mol. The minimum absolute atomic E-state index is 0.340. The number of carbonyl (C=O) groups excluding carboxylic acids is 1. The highest BCUT2D eigenvalue weighted by atomic mass is 35.5. The van der Waals surface area contributed by atoms with Gasteiger partial charge in [0, 0.05) is 11.6 Å². The summed E-state index contributed by atoms with van der Waals surface area (Å²) in [6.45, 7) is 4.89. The number of benzene rings is 1. The van der Waals surface area contributed by atoms with Gasteiger partial charge in [-0.1, -0.05) is 37.6 Å². The van der Waals surface area contributed by atoms with Crippen molar-refractivity contribution < 1.29 is 14.3 Å².